The third-order valence-corrected chi connectivity index (χ3v) is 5.53. The number of fused-ring (bicyclic) bond motifs is 1. The van der Waals surface area contributed by atoms with Crippen molar-refractivity contribution < 1.29 is 17.9 Å². The number of carbonyl (C=O) groups is 1. The molecule has 0 bridgehead atoms. The van der Waals surface area contributed by atoms with E-state index in [-0.39, 0.29) is 18.3 Å². The zero-order valence-electron chi connectivity index (χ0n) is 15.0. The monoisotopic (exact) mass is 374 g/mol. The average Bonchev–Trinajstić information content (AvgIpc) is 2.66. The van der Waals surface area contributed by atoms with E-state index in [0.29, 0.717) is 22.7 Å². The van der Waals surface area contributed by atoms with Gasteiger partial charge in [-0.2, -0.15) is 0 Å². The standard InChI is InChI=1S/C19H22N2O4S/c1-19(2)13-25-17-10-9-15(11-16(17)21(3)18(19)22)20-26(23,24)12-14-7-5-4-6-8-14/h4-11,20H,12-13H2,1-3H3. The Labute approximate surface area is 153 Å². The van der Waals surface area contributed by atoms with Crippen molar-refractivity contribution in [3.8, 4) is 5.75 Å². The molecule has 3 rings (SSSR count). The Kier molecular flexibility index (Phi) is 4.66. The maximum atomic E-state index is 12.6. The molecule has 1 N–H and O–H groups in total. The van der Waals surface area contributed by atoms with E-state index in [4.69, 9.17) is 4.74 Å². The molecule has 0 unspecified atom stereocenters. The Morgan fingerprint density at radius 1 is 1.15 bits per heavy atom. The number of hydrogen-bond donors (Lipinski definition) is 1. The Morgan fingerprint density at radius 2 is 1.85 bits per heavy atom. The first kappa shape index (κ1) is 18.3. The molecule has 6 nitrogen and oxygen atoms in total. The van der Waals surface area contributed by atoms with E-state index < -0.39 is 15.4 Å². The molecule has 1 aliphatic heterocycles. The summed E-state index contributed by atoms with van der Waals surface area (Å²) >= 11 is 0. The molecule has 0 saturated heterocycles. The molecule has 2 aromatic rings. The Hall–Kier alpha value is -2.54. The van der Waals surface area contributed by atoms with Gasteiger partial charge in [-0.15, -0.1) is 0 Å². The summed E-state index contributed by atoms with van der Waals surface area (Å²) < 4.78 is 33.2. The highest BCUT2D eigenvalue weighted by molar-refractivity contribution is 7.91. The summed E-state index contributed by atoms with van der Waals surface area (Å²) in [5, 5.41) is 0. The van der Waals surface area contributed by atoms with Gasteiger partial charge in [0.1, 0.15) is 12.4 Å². The molecular formula is C19H22N2O4S. The first-order chi connectivity index (χ1) is 12.2. The third kappa shape index (κ3) is 3.83. The van der Waals surface area contributed by atoms with Crippen molar-refractivity contribution in [3.05, 3.63) is 54.1 Å². The summed E-state index contributed by atoms with van der Waals surface area (Å²) in [6, 6.07) is 13.9. The normalized spacial score (nSPS) is 16.4. The Morgan fingerprint density at radius 3 is 2.54 bits per heavy atom. The van der Waals surface area contributed by atoms with Gasteiger partial charge in [-0.3, -0.25) is 9.52 Å². The first-order valence-electron chi connectivity index (χ1n) is 8.27. The predicted molar refractivity (Wildman–Crippen MR) is 102 cm³/mol. The molecule has 0 aromatic heterocycles. The molecule has 7 heteroatoms. The molecular weight excluding hydrogens is 352 g/mol. The lowest BCUT2D eigenvalue weighted by molar-refractivity contribution is -0.127. The number of hydrogen-bond acceptors (Lipinski definition) is 4. The van der Waals surface area contributed by atoms with Crippen molar-refractivity contribution >= 4 is 27.3 Å². The zero-order chi connectivity index (χ0) is 18.9. The zero-order valence-corrected chi connectivity index (χ0v) is 15.8. The SMILES string of the molecule is CN1C(=O)C(C)(C)COc2ccc(NS(=O)(=O)Cc3ccccc3)cc21. The van der Waals surface area contributed by atoms with Gasteiger partial charge in [0.15, 0.2) is 0 Å². The second-order valence-corrected chi connectivity index (χ2v) is 8.79. The molecule has 0 spiro atoms. The predicted octanol–water partition coefficient (Wildman–Crippen LogP) is 3.01. The third-order valence-electron chi connectivity index (χ3n) is 4.27. The highest BCUT2D eigenvalue weighted by atomic mass is 32.2. The van der Waals surface area contributed by atoms with Gasteiger partial charge in [0.25, 0.3) is 0 Å². The summed E-state index contributed by atoms with van der Waals surface area (Å²) in [6.45, 7) is 3.91. The molecule has 0 atom stereocenters. The van der Waals surface area contributed by atoms with Gasteiger partial charge >= 0.3 is 0 Å². The van der Waals surface area contributed by atoms with Crippen LogP contribution in [0.4, 0.5) is 11.4 Å². The van der Waals surface area contributed by atoms with Gasteiger partial charge in [-0.25, -0.2) is 8.42 Å². The van der Waals surface area contributed by atoms with Crippen molar-refractivity contribution in [1.82, 2.24) is 0 Å². The van der Waals surface area contributed by atoms with Gasteiger partial charge in [-0.1, -0.05) is 30.3 Å². The highest BCUT2D eigenvalue weighted by Crippen LogP contribution is 2.37. The van der Waals surface area contributed by atoms with Gasteiger partial charge in [0.2, 0.25) is 15.9 Å². The lowest BCUT2D eigenvalue weighted by Gasteiger charge is -2.24. The van der Waals surface area contributed by atoms with Crippen LogP contribution in [0.15, 0.2) is 48.5 Å². The topological polar surface area (TPSA) is 75.7 Å². The largest absolute Gasteiger partial charge is 0.490 e. The number of rotatable bonds is 4. The molecule has 1 heterocycles. The molecule has 0 saturated carbocycles. The number of amides is 1. The van der Waals surface area contributed by atoms with Gasteiger partial charge < -0.3 is 9.64 Å². The van der Waals surface area contributed by atoms with Crippen LogP contribution in [0.2, 0.25) is 0 Å². The quantitative estimate of drug-likeness (QED) is 0.893. The minimum atomic E-state index is -3.57. The Balaban J connectivity index is 1.85. The van der Waals surface area contributed by atoms with E-state index in [1.807, 2.05) is 19.9 Å². The summed E-state index contributed by atoms with van der Waals surface area (Å²) in [4.78, 5) is 14.1. The number of carbonyl (C=O) groups excluding carboxylic acids is 1. The van der Waals surface area contributed by atoms with Crippen LogP contribution in [0.1, 0.15) is 19.4 Å². The summed E-state index contributed by atoms with van der Waals surface area (Å²) in [6.07, 6.45) is 0. The number of ether oxygens (including phenoxy) is 1. The number of nitrogens with zero attached hydrogens (tertiary/aromatic N) is 1. The molecule has 26 heavy (non-hydrogen) atoms. The van der Waals surface area contributed by atoms with Crippen LogP contribution in [0.3, 0.4) is 0 Å². The Bertz CT molecular complexity index is 924. The number of nitrogens with one attached hydrogen (secondary N) is 1. The van der Waals surface area contributed by atoms with Crippen LogP contribution in [-0.2, 0) is 20.6 Å². The summed E-state index contributed by atoms with van der Waals surface area (Å²) in [7, 11) is -1.90. The second kappa shape index (κ2) is 6.64. The minimum Gasteiger partial charge on any atom is -0.490 e. The maximum Gasteiger partial charge on any atom is 0.236 e. The van der Waals surface area contributed by atoms with Crippen LogP contribution in [0.25, 0.3) is 0 Å². The van der Waals surface area contributed by atoms with Gasteiger partial charge in [-0.05, 0) is 37.6 Å². The molecule has 1 amide bonds. The molecule has 1 aliphatic rings. The first-order valence-corrected chi connectivity index (χ1v) is 9.93. The van der Waals surface area contributed by atoms with Crippen molar-refractivity contribution in [2.24, 2.45) is 5.41 Å². The summed E-state index contributed by atoms with van der Waals surface area (Å²) in [5.74, 6) is 0.349. The van der Waals surface area contributed by atoms with Crippen molar-refractivity contribution in [2.45, 2.75) is 19.6 Å². The van der Waals surface area contributed by atoms with E-state index in [0.717, 1.165) is 0 Å². The average molecular weight is 374 g/mol. The van der Waals surface area contributed by atoms with Crippen LogP contribution < -0.4 is 14.4 Å². The molecule has 0 radical (unpaired) electrons. The molecule has 2 aromatic carbocycles. The van der Waals surface area contributed by atoms with Crippen molar-refractivity contribution in [1.29, 1.82) is 0 Å². The van der Waals surface area contributed by atoms with E-state index in [1.165, 1.54) is 4.90 Å². The van der Waals surface area contributed by atoms with E-state index >= 15 is 0 Å². The fourth-order valence-electron chi connectivity index (χ4n) is 2.86. The van der Waals surface area contributed by atoms with Crippen molar-refractivity contribution in [2.75, 3.05) is 23.3 Å². The van der Waals surface area contributed by atoms with Crippen molar-refractivity contribution in [3.63, 3.8) is 0 Å². The van der Waals surface area contributed by atoms with Crippen LogP contribution >= 0.6 is 0 Å². The molecule has 0 aliphatic carbocycles. The fraction of sp³-hybridized carbons (Fsp3) is 0.316. The minimum absolute atomic E-state index is 0.0828. The van der Waals surface area contributed by atoms with Gasteiger partial charge in [0.05, 0.1) is 22.5 Å². The van der Waals surface area contributed by atoms with E-state index in [2.05, 4.69) is 4.72 Å². The number of anilines is 2. The summed E-state index contributed by atoms with van der Waals surface area (Å²) in [5.41, 5.74) is 0.982. The molecule has 0 fully saturated rings. The maximum absolute atomic E-state index is 12.6. The second-order valence-electron chi connectivity index (χ2n) is 7.07. The number of benzene rings is 2. The smallest absolute Gasteiger partial charge is 0.236 e. The number of sulfonamides is 1. The lowest BCUT2D eigenvalue weighted by Crippen LogP contribution is -2.39. The van der Waals surface area contributed by atoms with Crippen LogP contribution in [-0.4, -0.2) is 28.0 Å². The van der Waals surface area contributed by atoms with Crippen LogP contribution in [0.5, 0.6) is 5.75 Å². The fourth-order valence-corrected chi connectivity index (χ4v) is 4.05. The van der Waals surface area contributed by atoms with Crippen LogP contribution in [0, 0.1) is 5.41 Å². The van der Waals surface area contributed by atoms with Gasteiger partial charge in [0, 0.05) is 7.05 Å². The highest BCUT2D eigenvalue weighted by Gasteiger charge is 2.36. The van der Waals surface area contributed by atoms with E-state index in [9.17, 15) is 13.2 Å². The lowest BCUT2D eigenvalue weighted by atomic mass is 9.93. The molecule has 138 valence electrons. The van der Waals surface area contributed by atoms with E-state index in [1.54, 1.807) is 49.5 Å².